The van der Waals surface area contributed by atoms with Gasteiger partial charge in [-0.3, -0.25) is 4.99 Å². The second-order valence-electron chi connectivity index (χ2n) is 6.75. The molecule has 0 saturated carbocycles. The zero-order chi connectivity index (χ0) is 20.8. The molecule has 1 aromatic heterocycles. The summed E-state index contributed by atoms with van der Waals surface area (Å²) in [6, 6.07) is 9.84. The fourth-order valence-electron chi connectivity index (χ4n) is 3.41. The number of anilines is 1. The van der Waals surface area contributed by atoms with Crippen molar-refractivity contribution in [1.82, 2.24) is 10.2 Å². The summed E-state index contributed by atoms with van der Waals surface area (Å²) >= 11 is 0. The number of hydrogen-bond donors (Lipinski definition) is 1. The van der Waals surface area contributed by atoms with Crippen LogP contribution in [0.15, 0.2) is 39.7 Å². The van der Waals surface area contributed by atoms with Gasteiger partial charge in [0.1, 0.15) is 22.8 Å². The van der Waals surface area contributed by atoms with Crippen LogP contribution in [0.3, 0.4) is 0 Å². The van der Waals surface area contributed by atoms with Crippen molar-refractivity contribution in [2.24, 2.45) is 4.99 Å². The Morgan fingerprint density at radius 3 is 2.45 bits per heavy atom. The van der Waals surface area contributed by atoms with Crippen molar-refractivity contribution in [3.63, 3.8) is 0 Å². The van der Waals surface area contributed by atoms with Crippen LogP contribution in [0, 0.1) is 6.92 Å². The fraction of sp³-hybridized carbons (Fsp3) is 0.429. The predicted molar refractivity (Wildman–Crippen MR) is 112 cm³/mol. The van der Waals surface area contributed by atoms with Crippen LogP contribution in [0.2, 0.25) is 0 Å². The molecule has 1 N–H and O–H groups in total. The number of guanidine groups is 1. The molecule has 0 atom stereocenters. The fourth-order valence-corrected chi connectivity index (χ4v) is 3.41. The van der Waals surface area contributed by atoms with Crippen molar-refractivity contribution < 1.29 is 18.7 Å². The lowest BCUT2D eigenvalue weighted by Gasteiger charge is -2.37. The van der Waals surface area contributed by atoms with Gasteiger partial charge in [0, 0.05) is 38.9 Å². The van der Waals surface area contributed by atoms with E-state index in [2.05, 4.69) is 32.2 Å². The Bertz CT molecular complexity index is 852. The highest BCUT2D eigenvalue weighted by molar-refractivity contribution is 5.90. The minimum atomic E-state index is -0.392. The number of rotatable bonds is 5. The maximum Gasteiger partial charge on any atom is 0.341 e. The van der Waals surface area contributed by atoms with Gasteiger partial charge in [0.05, 0.1) is 20.8 Å². The number of hydrogen-bond acceptors (Lipinski definition) is 6. The number of esters is 1. The molecule has 1 saturated heterocycles. The first kappa shape index (κ1) is 20.6. The van der Waals surface area contributed by atoms with E-state index in [4.69, 9.17) is 13.9 Å². The van der Waals surface area contributed by atoms with Gasteiger partial charge in [0.2, 0.25) is 0 Å². The number of methoxy groups -OCH3 is 2. The van der Waals surface area contributed by atoms with Crippen molar-refractivity contribution in [3.8, 4) is 5.75 Å². The number of carbonyl (C=O) groups excluding carboxylic acids is 1. The Balaban J connectivity index is 1.54. The van der Waals surface area contributed by atoms with Crippen LogP contribution >= 0.6 is 0 Å². The summed E-state index contributed by atoms with van der Waals surface area (Å²) in [5.74, 6) is 2.50. The molecule has 0 radical (unpaired) electrons. The van der Waals surface area contributed by atoms with Gasteiger partial charge < -0.3 is 29.0 Å². The average Bonchev–Trinajstić information content (AvgIpc) is 3.14. The molecule has 1 aromatic carbocycles. The molecule has 2 aromatic rings. The Hall–Kier alpha value is -3.16. The number of aryl methyl sites for hydroxylation is 1. The minimum absolute atomic E-state index is 0.392. The third-order valence-corrected chi connectivity index (χ3v) is 5.02. The number of benzene rings is 1. The molecule has 3 rings (SSSR count). The first-order chi connectivity index (χ1) is 14.0. The summed E-state index contributed by atoms with van der Waals surface area (Å²) in [4.78, 5) is 20.7. The van der Waals surface area contributed by atoms with Gasteiger partial charge >= 0.3 is 5.97 Å². The number of nitrogens with zero attached hydrogens (tertiary/aromatic N) is 3. The molecular weight excluding hydrogens is 372 g/mol. The molecule has 2 heterocycles. The summed E-state index contributed by atoms with van der Waals surface area (Å²) in [6.07, 6.45) is 0. The SMILES string of the molecule is CN=C(NCc1cc(C(=O)OC)c(C)o1)N1CCN(c2ccc(OC)cc2)CC1. The number of carbonyl (C=O) groups is 1. The largest absolute Gasteiger partial charge is 0.497 e. The summed E-state index contributed by atoms with van der Waals surface area (Å²) in [7, 11) is 4.80. The van der Waals surface area contributed by atoms with Crippen molar-refractivity contribution in [3.05, 3.63) is 47.4 Å². The van der Waals surface area contributed by atoms with Gasteiger partial charge in [-0.05, 0) is 37.3 Å². The number of aliphatic imine (C=N–C) groups is 1. The molecule has 0 spiro atoms. The summed E-state index contributed by atoms with van der Waals surface area (Å²) < 4.78 is 15.7. The van der Waals surface area contributed by atoms with Gasteiger partial charge in [-0.15, -0.1) is 0 Å². The van der Waals surface area contributed by atoms with Crippen molar-refractivity contribution in [2.45, 2.75) is 13.5 Å². The molecule has 8 heteroatoms. The third kappa shape index (κ3) is 4.82. The Labute approximate surface area is 171 Å². The van der Waals surface area contributed by atoms with Gasteiger partial charge in [0.15, 0.2) is 5.96 Å². The first-order valence-electron chi connectivity index (χ1n) is 9.58. The lowest BCUT2D eigenvalue weighted by molar-refractivity contribution is 0.0599. The van der Waals surface area contributed by atoms with E-state index >= 15 is 0 Å². The smallest absolute Gasteiger partial charge is 0.341 e. The van der Waals surface area contributed by atoms with Crippen LogP contribution in [-0.2, 0) is 11.3 Å². The quantitative estimate of drug-likeness (QED) is 0.469. The second-order valence-corrected chi connectivity index (χ2v) is 6.75. The van der Waals surface area contributed by atoms with Gasteiger partial charge in [-0.2, -0.15) is 0 Å². The predicted octanol–water partition coefficient (Wildman–Crippen LogP) is 2.28. The van der Waals surface area contributed by atoms with E-state index < -0.39 is 5.97 Å². The zero-order valence-corrected chi connectivity index (χ0v) is 17.4. The molecule has 1 aliphatic heterocycles. The molecule has 0 amide bonds. The highest BCUT2D eigenvalue weighted by atomic mass is 16.5. The highest BCUT2D eigenvalue weighted by Crippen LogP contribution is 2.20. The van der Waals surface area contributed by atoms with E-state index in [1.54, 1.807) is 27.1 Å². The lowest BCUT2D eigenvalue weighted by Crippen LogP contribution is -2.52. The first-order valence-corrected chi connectivity index (χ1v) is 9.58. The van der Waals surface area contributed by atoms with E-state index in [0.29, 0.717) is 23.6 Å². The highest BCUT2D eigenvalue weighted by Gasteiger charge is 2.21. The molecule has 0 aliphatic carbocycles. The van der Waals surface area contributed by atoms with Crippen LogP contribution in [0.1, 0.15) is 21.9 Å². The van der Waals surface area contributed by atoms with E-state index in [1.165, 1.54) is 12.8 Å². The monoisotopic (exact) mass is 400 g/mol. The number of piperazine rings is 1. The second kappa shape index (κ2) is 9.36. The average molecular weight is 400 g/mol. The molecule has 8 nitrogen and oxygen atoms in total. The van der Waals surface area contributed by atoms with Crippen LogP contribution in [0.4, 0.5) is 5.69 Å². The van der Waals surface area contributed by atoms with Gasteiger partial charge in [-0.25, -0.2) is 4.79 Å². The number of ether oxygens (including phenoxy) is 2. The topological polar surface area (TPSA) is 79.5 Å². The summed E-state index contributed by atoms with van der Waals surface area (Å²) in [6.45, 7) is 5.72. The molecule has 0 bridgehead atoms. The molecule has 29 heavy (non-hydrogen) atoms. The molecule has 0 unspecified atom stereocenters. The Morgan fingerprint density at radius 1 is 1.17 bits per heavy atom. The number of furan rings is 1. The molecule has 1 fully saturated rings. The maximum absolute atomic E-state index is 11.7. The molecular formula is C21H28N4O4. The standard InChI is InChI=1S/C21H28N4O4/c1-15-19(20(26)28-4)13-18(29-15)14-23-21(22-2)25-11-9-24(10-12-25)16-5-7-17(27-3)8-6-16/h5-8,13H,9-12,14H2,1-4H3,(H,22,23). The maximum atomic E-state index is 11.7. The third-order valence-electron chi connectivity index (χ3n) is 5.02. The van der Waals surface area contributed by atoms with Crippen molar-refractivity contribution >= 4 is 17.6 Å². The van der Waals surface area contributed by atoms with Crippen LogP contribution in [-0.4, -0.2) is 64.3 Å². The Kier molecular flexibility index (Phi) is 6.64. The van der Waals surface area contributed by atoms with Gasteiger partial charge in [-0.1, -0.05) is 0 Å². The van der Waals surface area contributed by atoms with Crippen LogP contribution < -0.4 is 15.0 Å². The van der Waals surface area contributed by atoms with Gasteiger partial charge in [0.25, 0.3) is 0 Å². The zero-order valence-electron chi connectivity index (χ0n) is 17.4. The van der Waals surface area contributed by atoms with Crippen molar-refractivity contribution in [2.75, 3.05) is 52.3 Å². The van der Waals surface area contributed by atoms with E-state index in [-0.39, 0.29) is 0 Å². The lowest BCUT2D eigenvalue weighted by atomic mass is 10.2. The molecule has 1 aliphatic rings. The Morgan fingerprint density at radius 2 is 1.86 bits per heavy atom. The summed E-state index contributed by atoms with van der Waals surface area (Å²) in [5, 5.41) is 3.32. The minimum Gasteiger partial charge on any atom is -0.497 e. The normalized spacial score (nSPS) is 14.7. The summed E-state index contributed by atoms with van der Waals surface area (Å²) in [5.41, 5.74) is 1.64. The van der Waals surface area contributed by atoms with Crippen LogP contribution in [0.5, 0.6) is 5.75 Å². The number of nitrogens with one attached hydrogen (secondary N) is 1. The van der Waals surface area contributed by atoms with Crippen molar-refractivity contribution in [1.29, 1.82) is 0 Å². The van der Waals surface area contributed by atoms with E-state index in [1.807, 2.05) is 12.1 Å². The van der Waals surface area contributed by atoms with E-state index in [0.717, 1.165) is 37.9 Å². The van der Waals surface area contributed by atoms with Crippen LogP contribution in [0.25, 0.3) is 0 Å². The van der Waals surface area contributed by atoms with E-state index in [9.17, 15) is 4.79 Å². The molecule has 156 valence electrons.